The minimum absolute atomic E-state index is 0.248. The van der Waals surface area contributed by atoms with E-state index in [2.05, 4.69) is 25.7 Å². The zero-order chi connectivity index (χ0) is 12.4. The standard InChI is InChI=1S/C12H11N5O/c18-12(11-7-14-17-16-11)13-6-9-5-8-3-1-2-4-10(8)15-9/h1-5,7,15H,6H2,(H,13,18)(H,14,16,17). The molecule has 2 heterocycles. The summed E-state index contributed by atoms with van der Waals surface area (Å²) in [5, 5.41) is 13.6. The van der Waals surface area contributed by atoms with E-state index in [9.17, 15) is 4.79 Å². The largest absolute Gasteiger partial charge is 0.357 e. The van der Waals surface area contributed by atoms with Gasteiger partial charge in [0.15, 0.2) is 5.69 Å². The normalized spacial score (nSPS) is 10.7. The van der Waals surface area contributed by atoms with Gasteiger partial charge in [0, 0.05) is 11.2 Å². The van der Waals surface area contributed by atoms with Crippen molar-refractivity contribution in [3.05, 3.63) is 47.9 Å². The maximum absolute atomic E-state index is 11.6. The Hall–Kier alpha value is -2.63. The molecule has 3 rings (SSSR count). The molecule has 0 saturated carbocycles. The maximum Gasteiger partial charge on any atom is 0.273 e. The fourth-order valence-electron chi connectivity index (χ4n) is 1.81. The minimum Gasteiger partial charge on any atom is -0.357 e. The van der Waals surface area contributed by atoms with Crippen LogP contribution in [0.4, 0.5) is 0 Å². The van der Waals surface area contributed by atoms with Crippen molar-refractivity contribution in [3.63, 3.8) is 0 Å². The van der Waals surface area contributed by atoms with Crippen molar-refractivity contribution in [3.8, 4) is 0 Å². The monoisotopic (exact) mass is 241 g/mol. The van der Waals surface area contributed by atoms with Crippen LogP contribution < -0.4 is 5.32 Å². The molecule has 0 aliphatic carbocycles. The molecule has 3 N–H and O–H groups in total. The highest BCUT2D eigenvalue weighted by molar-refractivity contribution is 5.91. The van der Waals surface area contributed by atoms with Crippen molar-refractivity contribution in [2.75, 3.05) is 0 Å². The van der Waals surface area contributed by atoms with Crippen LogP contribution in [0.1, 0.15) is 16.2 Å². The van der Waals surface area contributed by atoms with Crippen LogP contribution in [0.2, 0.25) is 0 Å². The van der Waals surface area contributed by atoms with Crippen LogP contribution in [0.25, 0.3) is 10.9 Å². The maximum atomic E-state index is 11.6. The predicted octanol–water partition coefficient (Wildman–Crippen LogP) is 1.22. The number of aromatic nitrogens is 4. The zero-order valence-corrected chi connectivity index (χ0v) is 9.47. The van der Waals surface area contributed by atoms with E-state index < -0.39 is 0 Å². The zero-order valence-electron chi connectivity index (χ0n) is 9.47. The molecule has 1 aromatic carbocycles. The van der Waals surface area contributed by atoms with Crippen molar-refractivity contribution in [1.82, 2.24) is 25.7 Å². The number of carbonyl (C=O) groups is 1. The lowest BCUT2D eigenvalue weighted by atomic mass is 10.2. The van der Waals surface area contributed by atoms with Gasteiger partial charge in [-0.1, -0.05) is 18.2 Å². The second-order valence-electron chi connectivity index (χ2n) is 3.92. The summed E-state index contributed by atoms with van der Waals surface area (Å²) < 4.78 is 0. The number of benzene rings is 1. The molecule has 0 aliphatic heterocycles. The average Bonchev–Trinajstić information content (AvgIpc) is 3.04. The smallest absolute Gasteiger partial charge is 0.273 e. The van der Waals surface area contributed by atoms with E-state index in [1.165, 1.54) is 6.20 Å². The molecule has 0 radical (unpaired) electrons. The lowest BCUT2D eigenvalue weighted by molar-refractivity contribution is 0.0945. The number of nitrogens with one attached hydrogen (secondary N) is 3. The Morgan fingerprint density at radius 1 is 1.33 bits per heavy atom. The number of hydrogen-bond acceptors (Lipinski definition) is 3. The van der Waals surface area contributed by atoms with Gasteiger partial charge in [0.05, 0.1) is 12.7 Å². The highest BCUT2D eigenvalue weighted by atomic mass is 16.1. The number of para-hydroxylation sites is 1. The van der Waals surface area contributed by atoms with Gasteiger partial charge in [0.25, 0.3) is 5.91 Å². The first kappa shape index (κ1) is 10.5. The van der Waals surface area contributed by atoms with E-state index in [0.29, 0.717) is 6.54 Å². The number of nitrogens with zero attached hydrogens (tertiary/aromatic N) is 2. The van der Waals surface area contributed by atoms with Gasteiger partial charge >= 0.3 is 0 Å². The number of amides is 1. The van der Waals surface area contributed by atoms with Crippen molar-refractivity contribution in [2.24, 2.45) is 0 Å². The third-order valence-corrected chi connectivity index (χ3v) is 2.67. The van der Waals surface area contributed by atoms with E-state index in [-0.39, 0.29) is 11.6 Å². The van der Waals surface area contributed by atoms with Gasteiger partial charge in [0.2, 0.25) is 0 Å². The molecule has 0 bridgehead atoms. The number of H-pyrrole nitrogens is 2. The third-order valence-electron chi connectivity index (χ3n) is 2.67. The fraction of sp³-hybridized carbons (Fsp3) is 0.0833. The number of aromatic amines is 2. The Bertz CT molecular complexity index is 638. The summed E-state index contributed by atoms with van der Waals surface area (Å²) in [6, 6.07) is 9.98. The van der Waals surface area contributed by atoms with Gasteiger partial charge in [-0.3, -0.25) is 4.79 Å². The number of rotatable bonds is 3. The summed E-state index contributed by atoms with van der Waals surface area (Å²) >= 11 is 0. The van der Waals surface area contributed by atoms with E-state index >= 15 is 0 Å². The van der Waals surface area contributed by atoms with Crippen LogP contribution in [0.15, 0.2) is 36.5 Å². The Morgan fingerprint density at radius 3 is 3.00 bits per heavy atom. The van der Waals surface area contributed by atoms with Crippen LogP contribution >= 0.6 is 0 Å². The molecule has 0 saturated heterocycles. The van der Waals surface area contributed by atoms with Gasteiger partial charge in [-0.05, 0) is 17.5 Å². The summed E-state index contributed by atoms with van der Waals surface area (Å²) in [4.78, 5) is 14.9. The quantitative estimate of drug-likeness (QED) is 0.644. The third kappa shape index (κ3) is 1.95. The van der Waals surface area contributed by atoms with Gasteiger partial charge in [-0.2, -0.15) is 15.4 Å². The van der Waals surface area contributed by atoms with Crippen LogP contribution in [-0.4, -0.2) is 26.3 Å². The molecule has 2 aromatic heterocycles. The first-order valence-electron chi connectivity index (χ1n) is 5.53. The summed E-state index contributed by atoms with van der Waals surface area (Å²) in [6.07, 6.45) is 1.39. The lowest BCUT2D eigenvalue weighted by Gasteiger charge is -1.99. The highest BCUT2D eigenvalue weighted by Gasteiger charge is 2.08. The van der Waals surface area contributed by atoms with Crippen molar-refractivity contribution >= 4 is 16.8 Å². The van der Waals surface area contributed by atoms with Gasteiger partial charge in [0.1, 0.15) is 0 Å². The van der Waals surface area contributed by atoms with Crippen LogP contribution in [0.5, 0.6) is 0 Å². The molecule has 0 fully saturated rings. The van der Waals surface area contributed by atoms with E-state index in [4.69, 9.17) is 0 Å². The molecular formula is C12H11N5O. The summed E-state index contributed by atoms with van der Waals surface area (Å²) in [5.74, 6) is -0.248. The first-order valence-corrected chi connectivity index (χ1v) is 5.53. The minimum atomic E-state index is -0.248. The lowest BCUT2D eigenvalue weighted by Crippen LogP contribution is -2.23. The van der Waals surface area contributed by atoms with E-state index in [1.54, 1.807) is 0 Å². The van der Waals surface area contributed by atoms with Gasteiger partial charge < -0.3 is 10.3 Å². The number of carbonyl (C=O) groups excluding carboxylic acids is 1. The molecule has 0 atom stereocenters. The van der Waals surface area contributed by atoms with Crippen LogP contribution in [0, 0.1) is 0 Å². The summed E-state index contributed by atoms with van der Waals surface area (Å²) in [7, 11) is 0. The molecule has 18 heavy (non-hydrogen) atoms. The SMILES string of the molecule is O=C(NCc1cc2ccccc2[nH]1)c1cn[nH]n1. The molecule has 6 nitrogen and oxygen atoms in total. The van der Waals surface area contributed by atoms with Crippen LogP contribution in [0.3, 0.4) is 0 Å². The number of hydrogen-bond donors (Lipinski definition) is 3. The second kappa shape index (κ2) is 4.33. The predicted molar refractivity (Wildman–Crippen MR) is 65.9 cm³/mol. The van der Waals surface area contributed by atoms with Crippen molar-refractivity contribution in [2.45, 2.75) is 6.54 Å². The fourth-order valence-corrected chi connectivity index (χ4v) is 1.81. The van der Waals surface area contributed by atoms with Gasteiger partial charge in [-0.25, -0.2) is 0 Å². The first-order chi connectivity index (χ1) is 8.83. The Kier molecular flexibility index (Phi) is 2.53. The summed E-state index contributed by atoms with van der Waals surface area (Å²) in [5.41, 5.74) is 2.29. The van der Waals surface area contributed by atoms with E-state index in [0.717, 1.165) is 16.6 Å². The average molecular weight is 241 g/mol. The second-order valence-corrected chi connectivity index (χ2v) is 3.92. The van der Waals surface area contributed by atoms with Crippen molar-refractivity contribution < 1.29 is 4.79 Å². The molecule has 90 valence electrons. The highest BCUT2D eigenvalue weighted by Crippen LogP contribution is 2.14. The Morgan fingerprint density at radius 2 is 2.22 bits per heavy atom. The summed E-state index contributed by atoms with van der Waals surface area (Å²) in [6.45, 7) is 0.431. The molecule has 6 heteroatoms. The van der Waals surface area contributed by atoms with Gasteiger partial charge in [-0.15, -0.1) is 0 Å². The molecule has 0 spiro atoms. The Labute approximate surface area is 102 Å². The molecule has 3 aromatic rings. The molecular weight excluding hydrogens is 230 g/mol. The van der Waals surface area contributed by atoms with Crippen LogP contribution in [-0.2, 0) is 6.54 Å². The molecule has 0 aliphatic rings. The molecule has 0 unspecified atom stereocenters. The Balaban J connectivity index is 1.71. The van der Waals surface area contributed by atoms with E-state index in [1.807, 2.05) is 30.3 Å². The number of fused-ring (bicyclic) bond motifs is 1. The topological polar surface area (TPSA) is 86.5 Å². The molecule has 1 amide bonds. The van der Waals surface area contributed by atoms with Crippen molar-refractivity contribution in [1.29, 1.82) is 0 Å².